The lowest BCUT2D eigenvalue weighted by Gasteiger charge is -2.20. The highest BCUT2D eigenvalue weighted by atomic mass is 79.9. The zero-order chi connectivity index (χ0) is 14.6. The highest BCUT2D eigenvalue weighted by molar-refractivity contribution is 9.10. The summed E-state index contributed by atoms with van der Waals surface area (Å²) in [5.74, 6) is -1.50. The first-order chi connectivity index (χ1) is 8.86. The number of carboxylic acids is 1. The Balaban J connectivity index is 2.91. The first kappa shape index (κ1) is 15.7. The lowest BCUT2D eigenvalue weighted by Crippen LogP contribution is -2.45. The summed E-state index contributed by atoms with van der Waals surface area (Å²) in [6, 6.07) is 4.46. The topological polar surface area (TPSA) is 66.4 Å². The Bertz CT molecular complexity index is 488. The summed E-state index contributed by atoms with van der Waals surface area (Å²) in [5, 5.41) is 11.7. The third-order valence-electron chi connectivity index (χ3n) is 3.13. The van der Waals surface area contributed by atoms with Gasteiger partial charge in [-0.2, -0.15) is 0 Å². The summed E-state index contributed by atoms with van der Waals surface area (Å²) in [6.07, 6.45) is 0.687. The van der Waals surface area contributed by atoms with Crippen LogP contribution in [0, 0.1) is 12.8 Å². The van der Waals surface area contributed by atoms with Crippen molar-refractivity contribution in [3.63, 3.8) is 0 Å². The minimum absolute atomic E-state index is 0.120. The Kier molecular flexibility index (Phi) is 5.54. The average molecular weight is 328 g/mol. The van der Waals surface area contributed by atoms with Crippen molar-refractivity contribution in [1.82, 2.24) is 5.32 Å². The number of carbonyl (C=O) groups is 2. The van der Waals surface area contributed by atoms with Gasteiger partial charge in [-0.15, -0.1) is 0 Å². The molecule has 0 aromatic heterocycles. The van der Waals surface area contributed by atoms with Gasteiger partial charge in [0.2, 0.25) is 0 Å². The number of hydrogen-bond donors (Lipinski definition) is 2. The van der Waals surface area contributed by atoms with Gasteiger partial charge in [0.05, 0.1) is 5.56 Å². The van der Waals surface area contributed by atoms with E-state index in [1.807, 2.05) is 32.9 Å². The minimum Gasteiger partial charge on any atom is -0.480 e. The van der Waals surface area contributed by atoms with E-state index in [2.05, 4.69) is 21.2 Å². The van der Waals surface area contributed by atoms with Crippen molar-refractivity contribution in [2.45, 2.75) is 33.2 Å². The predicted octanol–water partition coefficient (Wildman–Crippen LogP) is 2.99. The molecule has 0 bridgehead atoms. The number of rotatable bonds is 5. The SMILES string of the molecule is CC[C@H](C)[C@H](NC(=O)c1ccc(C)cc1Br)C(=O)O. The maximum atomic E-state index is 12.1. The molecule has 0 spiro atoms. The van der Waals surface area contributed by atoms with Crippen molar-refractivity contribution in [2.24, 2.45) is 5.92 Å². The Morgan fingerprint density at radius 3 is 2.53 bits per heavy atom. The molecule has 1 aromatic carbocycles. The van der Waals surface area contributed by atoms with E-state index in [9.17, 15) is 9.59 Å². The Morgan fingerprint density at radius 1 is 1.42 bits per heavy atom. The zero-order valence-electron chi connectivity index (χ0n) is 11.2. The van der Waals surface area contributed by atoms with Crippen LogP contribution in [0.5, 0.6) is 0 Å². The van der Waals surface area contributed by atoms with E-state index in [0.717, 1.165) is 5.56 Å². The molecule has 0 saturated carbocycles. The van der Waals surface area contributed by atoms with Crippen molar-refractivity contribution < 1.29 is 14.7 Å². The maximum absolute atomic E-state index is 12.1. The molecule has 0 saturated heterocycles. The van der Waals surface area contributed by atoms with Crippen molar-refractivity contribution >= 4 is 27.8 Å². The molecule has 0 aliphatic carbocycles. The van der Waals surface area contributed by atoms with Gasteiger partial charge in [0.1, 0.15) is 6.04 Å². The fraction of sp³-hybridized carbons (Fsp3) is 0.429. The molecule has 0 fully saturated rings. The number of carbonyl (C=O) groups excluding carboxylic acids is 1. The van der Waals surface area contributed by atoms with Gasteiger partial charge in [-0.1, -0.05) is 26.3 Å². The molecule has 0 aliphatic heterocycles. The molecule has 1 rings (SSSR count). The van der Waals surface area contributed by atoms with E-state index in [-0.39, 0.29) is 11.8 Å². The van der Waals surface area contributed by atoms with E-state index in [1.54, 1.807) is 6.07 Å². The van der Waals surface area contributed by atoms with Gasteiger partial charge in [0.15, 0.2) is 0 Å². The van der Waals surface area contributed by atoms with Crippen LogP contribution in [-0.2, 0) is 4.79 Å². The summed E-state index contributed by atoms with van der Waals surface area (Å²) in [4.78, 5) is 23.3. The average Bonchev–Trinajstić information content (AvgIpc) is 2.34. The Morgan fingerprint density at radius 2 is 2.05 bits per heavy atom. The molecule has 1 amide bonds. The van der Waals surface area contributed by atoms with Crippen molar-refractivity contribution in [3.05, 3.63) is 33.8 Å². The third kappa shape index (κ3) is 4.06. The third-order valence-corrected chi connectivity index (χ3v) is 3.79. The zero-order valence-corrected chi connectivity index (χ0v) is 12.8. The van der Waals surface area contributed by atoms with Gasteiger partial charge in [0, 0.05) is 4.47 Å². The number of aryl methyl sites for hydroxylation is 1. The van der Waals surface area contributed by atoms with Crippen molar-refractivity contribution in [2.75, 3.05) is 0 Å². The molecular weight excluding hydrogens is 310 g/mol. The molecule has 5 heteroatoms. The van der Waals surface area contributed by atoms with Crippen molar-refractivity contribution in [3.8, 4) is 0 Å². The monoisotopic (exact) mass is 327 g/mol. The minimum atomic E-state index is -1.01. The molecule has 0 unspecified atom stereocenters. The van der Waals surface area contributed by atoms with Gasteiger partial charge in [-0.25, -0.2) is 4.79 Å². The largest absolute Gasteiger partial charge is 0.480 e. The maximum Gasteiger partial charge on any atom is 0.326 e. The first-order valence-electron chi connectivity index (χ1n) is 6.16. The van der Waals surface area contributed by atoms with Gasteiger partial charge in [0.25, 0.3) is 5.91 Å². The van der Waals surface area contributed by atoms with E-state index < -0.39 is 12.0 Å². The van der Waals surface area contributed by atoms with Crippen LogP contribution in [0.3, 0.4) is 0 Å². The van der Waals surface area contributed by atoms with Crippen LogP contribution in [0.25, 0.3) is 0 Å². The van der Waals surface area contributed by atoms with E-state index in [1.165, 1.54) is 0 Å². The fourth-order valence-corrected chi connectivity index (χ4v) is 2.38. The summed E-state index contributed by atoms with van der Waals surface area (Å²) in [5.41, 5.74) is 1.47. The van der Waals surface area contributed by atoms with Crippen molar-refractivity contribution in [1.29, 1.82) is 0 Å². The highest BCUT2D eigenvalue weighted by Crippen LogP contribution is 2.19. The molecule has 104 valence electrons. The Hall–Kier alpha value is -1.36. The molecule has 0 heterocycles. The molecule has 0 radical (unpaired) electrons. The van der Waals surface area contributed by atoms with Crippen LogP contribution >= 0.6 is 15.9 Å². The lowest BCUT2D eigenvalue weighted by atomic mass is 9.99. The van der Waals surface area contributed by atoms with E-state index in [4.69, 9.17) is 5.11 Å². The lowest BCUT2D eigenvalue weighted by molar-refractivity contribution is -0.140. The first-order valence-corrected chi connectivity index (χ1v) is 6.96. The van der Waals surface area contributed by atoms with Gasteiger partial charge in [-0.3, -0.25) is 4.79 Å². The normalized spacial score (nSPS) is 13.7. The van der Waals surface area contributed by atoms with Gasteiger partial charge in [-0.05, 0) is 46.5 Å². The number of carboxylic acid groups (broad SMARTS) is 1. The Labute approximate surface area is 121 Å². The number of amides is 1. The summed E-state index contributed by atoms with van der Waals surface area (Å²) in [7, 11) is 0. The van der Waals surface area contributed by atoms with Gasteiger partial charge >= 0.3 is 5.97 Å². The van der Waals surface area contributed by atoms with E-state index >= 15 is 0 Å². The standard InChI is InChI=1S/C14H18BrNO3/c1-4-9(3)12(14(18)19)16-13(17)10-6-5-8(2)7-11(10)15/h5-7,9,12H,4H2,1-3H3,(H,16,17)(H,18,19)/t9-,12-/m0/s1. The second-order valence-electron chi connectivity index (χ2n) is 4.66. The molecule has 1 aromatic rings. The highest BCUT2D eigenvalue weighted by Gasteiger charge is 2.26. The number of aliphatic carboxylic acids is 1. The van der Waals surface area contributed by atoms with Crippen LogP contribution in [0.2, 0.25) is 0 Å². The fourth-order valence-electron chi connectivity index (χ4n) is 1.71. The number of halogens is 1. The molecular formula is C14H18BrNO3. The van der Waals surface area contributed by atoms with Gasteiger partial charge < -0.3 is 10.4 Å². The molecule has 2 N–H and O–H groups in total. The number of hydrogen-bond acceptors (Lipinski definition) is 2. The number of benzene rings is 1. The second kappa shape index (κ2) is 6.70. The van der Waals surface area contributed by atoms with Crippen LogP contribution in [0.4, 0.5) is 0 Å². The smallest absolute Gasteiger partial charge is 0.326 e. The summed E-state index contributed by atoms with van der Waals surface area (Å²) < 4.78 is 0.665. The number of nitrogens with one attached hydrogen (secondary N) is 1. The van der Waals surface area contributed by atoms with E-state index in [0.29, 0.717) is 16.5 Å². The quantitative estimate of drug-likeness (QED) is 0.873. The molecule has 19 heavy (non-hydrogen) atoms. The predicted molar refractivity (Wildman–Crippen MR) is 77.2 cm³/mol. The second-order valence-corrected chi connectivity index (χ2v) is 5.51. The van der Waals surface area contributed by atoms with Crippen LogP contribution in [-0.4, -0.2) is 23.0 Å². The van der Waals surface area contributed by atoms with Crippen LogP contribution in [0.15, 0.2) is 22.7 Å². The van der Waals surface area contributed by atoms with Crippen LogP contribution in [0.1, 0.15) is 36.2 Å². The molecule has 0 aliphatic rings. The summed E-state index contributed by atoms with van der Waals surface area (Å²) >= 11 is 3.32. The van der Waals surface area contributed by atoms with Crippen LogP contribution < -0.4 is 5.32 Å². The molecule has 4 nitrogen and oxygen atoms in total. The summed E-state index contributed by atoms with van der Waals surface area (Å²) in [6.45, 7) is 5.63. The molecule has 2 atom stereocenters.